The summed E-state index contributed by atoms with van der Waals surface area (Å²) >= 11 is 6.38. The van der Waals surface area contributed by atoms with Gasteiger partial charge in [0.05, 0.1) is 20.3 Å². The zero-order valence-electron chi connectivity index (χ0n) is 15.9. The third-order valence-corrected chi connectivity index (χ3v) is 5.25. The Morgan fingerprint density at radius 3 is 2.48 bits per heavy atom. The molecule has 3 rings (SSSR count). The van der Waals surface area contributed by atoms with E-state index in [0.717, 1.165) is 11.1 Å². The van der Waals surface area contributed by atoms with Crippen LogP contribution in [0.3, 0.4) is 0 Å². The maximum Gasteiger partial charge on any atom is 0.225 e. The van der Waals surface area contributed by atoms with E-state index in [1.807, 2.05) is 26.0 Å². The molecule has 6 heteroatoms. The van der Waals surface area contributed by atoms with E-state index in [1.165, 1.54) is 6.07 Å². The van der Waals surface area contributed by atoms with Gasteiger partial charge in [-0.2, -0.15) is 0 Å². The first kappa shape index (κ1) is 19.5. The van der Waals surface area contributed by atoms with Crippen molar-refractivity contribution in [1.82, 2.24) is 4.90 Å². The molecule has 0 saturated carbocycles. The van der Waals surface area contributed by atoms with Crippen LogP contribution in [0.4, 0.5) is 4.39 Å². The highest BCUT2D eigenvalue weighted by molar-refractivity contribution is 6.31. The Balaban J connectivity index is 2.25. The van der Waals surface area contributed by atoms with Gasteiger partial charge < -0.3 is 14.4 Å². The number of hydrogen-bond donors (Lipinski definition) is 0. The lowest BCUT2D eigenvalue weighted by Crippen LogP contribution is -2.43. The van der Waals surface area contributed by atoms with Crippen molar-refractivity contribution >= 4 is 17.5 Å². The number of rotatable bonds is 4. The average Bonchev–Trinajstić information content (AvgIpc) is 2.66. The number of methoxy groups -OCH3 is 2. The number of benzene rings is 2. The second-order valence-corrected chi connectivity index (χ2v) is 7.29. The number of carbonyl (C=O) groups excluding carboxylic acids is 1. The highest BCUT2D eigenvalue weighted by Crippen LogP contribution is 2.43. The van der Waals surface area contributed by atoms with Crippen molar-refractivity contribution in [2.75, 3.05) is 20.8 Å². The van der Waals surface area contributed by atoms with E-state index in [2.05, 4.69) is 0 Å². The van der Waals surface area contributed by atoms with Crippen LogP contribution < -0.4 is 9.47 Å². The van der Waals surface area contributed by atoms with Crippen LogP contribution in [0.1, 0.15) is 36.6 Å². The molecule has 0 N–H and O–H groups in total. The van der Waals surface area contributed by atoms with Gasteiger partial charge in [-0.3, -0.25) is 4.79 Å². The predicted molar refractivity (Wildman–Crippen MR) is 103 cm³/mol. The van der Waals surface area contributed by atoms with E-state index >= 15 is 0 Å². The maximum absolute atomic E-state index is 14.8. The average molecular weight is 392 g/mol. The fraction of sp³-hybridized carbons (Fsp3) is 0.381. The summed E-state index contributed by atoms with van der Waals surface area (Å²) in [6.45, 7) is 4.16. The summed E-state index contributed by atoms with van der Waals surface area (Å²) in [5.41, 5.74) is 2.10. The molecule has 0 saturated heterocycles. The number of amides is 1. The zero-order chi connectivity index (χ0) is 19.7. The van der Waals surface area contributed by atoms with Crippen LogP contribution in [0.5, 0.6) is 11.5 Å². The minimum Gasteiger partial charge on any atom is -0.493 e. The molecular weight excluding hydrogens is 369 g/mol. The van der Waals surface area contributed by atoms with Crippen LogP contribution in [-0.2, 0) is 11.2 Å². The van der Waals surface area contributed by atoms with Gasteiger partial charge >= 0.3 is 0 Å². The van der Waals surface area contributed by atoms with Crippen molar-refractivity contribution < 1.29 is 18.7 Å². The second kappa shape index (κ2) is 7.77. The Morgan fingerprint density at radius 1 is 1.22 bits per heavy atom. The first-order valence-corrected chi connectivity index (χ1v) is 9.26. The Labute approximate surface area is 163 Å². The first-order chi connectivity index (χ1) is 12.9. The molecule has 1 heterocycles. The summed E-state index contributed by atoms with van der Waals surface area (Å²) in [5, 5.41) is 0.296. The van der Waals surface area contributed by atoms with E-state index < -0.39 is 11.9 Å². The van der Waals surface area contributed by atoms with Crippen LogP contribution in [0.25, 0.3) is 0 Å². The minimum atomic E-state index is -0.614. The van der Waals surface area contributed by atoms with Gasteiger partial charge in [0.15, 0.2) is 11.5 Å². The molecule has 1 aliphatic rings. The number of nitrogens with zero attached hydrogens (tertiary/aromatic N) is 1. The highest BCUT2D eigenvalue weighted by atomic mass is 35.5. The quantitative estimate of drug-likeness (QED) is 0.763. The molecule has 27 heavy (non-hydrogen) atoms. The van der Waals surface area contributed by atoms with Crippen molar-refractivity contribution in [3.8, 4) is 11.5 Å². The Hall–Kier alpha value is -2.27. The van der Waals surface area contributed by atoms with Crippen molar-refractivity contribution in [1.29, 1.82) is 0 Å². The summed E-state index contributed by atoms with van der Waals surface area (Å²) in [6.07, 6.45) is 0.650. The number of ether oxygens (including phenoxy) is 2. The smallest absolute Gasteiger partial charge is 0.225 e. The van der Waals surface area contributed by atoms with Crippen molar-refractivity contribution in [2.24, 2.45) is 5.92 Å². The lowest BCUT2D eigenvalue weighted by Gasteiger charge is -2.39. The fourth-order valence-electron chi connectivity index (χ4n) is 3.60. The predicted octanol–water partition coefficient (Wildman–Crippen LogP) is 4.63. The SMILES string of the molecule is COc1cc2c(cc1OC)[C@@H](c1c(F)cccc1Cl)N(C(=O)C(C)C)CC2. The van der Waals surface area contributed by atoms with Crippen molar-refractivity contribution in [2.45, 2.75) is 26.3 Å². The minimum absolute atomic E-state index is 0.0419. The molecule has 0 aliphatic carbocycles. The van der Waals surface area contributed by atoms with Gasteiger partial charge in [0, 0.05) is 23.0 Å². The van der Waals surface area contributed by atoms with Gasteiger partial charge in [0.25, 0.3) is 0 Å². The van der Waals surface area contributed by atoms with Crippen LogP contribution in [0.2, 0.25) is 5.02 Å². The van der Waals surface area contributed by atoms with Gasteiger partial charge in [-0.15, -0.1) is 0 Å². The van der Waals surface area contributed by atoms with Crippen molar-refractivity contribution in [3.63, 3.8) is 0 Å². The van der Waals surface area contributed by atoms with Crippen LogP contribution in [0, 0.1) is 11.7 Å². The van der Waals surface area contributed by atoms with Crippen LogP contribution >= 0.6 is 11.6 Å². The molecule has 0 radical (unpaired) electrons. The topological polar surface area (TPSA) is 38.8 Å². The molecule has 0 fully saturated rings. The molecule has 1 aliphatic heterocycles. The van der Waals surface area contributed by atoms with E-state index in [0.29, 0.717) is 35.1 Å². The molecule has 2 aromatic rings. The number of carbonyl (C=O) groups is 1. The van der Waals surface area contributed by atoms with Gasteiger partial charge in [-0.25, -0.2) is 4.39 Å². The molecule has 2 aromatic carbocycles. The standard InChI is InChI=1S/C21H23ClFNO3/c1-12(2)21(25)24-9-8-13-10-17(26-3)18(27-4)11-14(13)20(24)19-15(22)6-5-7-16(19)23/h5-7,10-12,20H,8-9H2,1-4H3/t20-/m0/s1. The maximum atomic E-state index is 14.8. The van der Waals surface area contributed by atoms with Crippen molar-refractivity contribution in [3.05, 3.63) is 57.9 Å². The monoisotopic (exact) mass is 391 g/mol. The summed E-state index contributed by atoms with van der Waals surface area (Å²) < 4.78 is 25.6. The summed E-state index contributed by atoms with van der Waals surface area (Å²) in [4.78, 5) is 14.6. The molecule has 0 aromatic heterocycles. The molecule has 0 unspecified atom stereocenters. The van der Waals surface area contributed by atoms with E-state index in [1.54, 1.807) is 31.3 Å². The highest BCUT2D eigenvalue weighted by Gasteiger charge is 2.36. The molecule has 0 bridgehead atoms. The lowest BCUT2D eigenvalue weighted by atomic mass is 9.86. The van der Waals surface area contributed by atoms with E-state index in [4.69, 9.17) is 21.1 Å². The third-order valence-electron chi connectivity index (χ3n) is 4.92. The van der Waals surface area contributed by atoms with Gasteiger partial charge in [-0.1, -0.05) is 31.5 Å². The van der Waals surface area contributed by atoms with E-state index in [9.17, 15) is 9.18 Å². The third kappa shape index (κ3) is 3.48. The van der Waals surface area contributed by atoms with Crippen LogP contribution in [0.15, 0.2) is 30.3 Å². The normalized spacial score (nSPS) is 16.3. The summed E-state index contributed by atoms with van der Waals surface area (Å²) in [7, 11) is 3.13. The largest absolute Gasteiger partial charge is 0.493 e. The number of hydrogen-bond acceptors (Lipinski definition) is 3. The Kier molecular flexibility index (Phi) is 5.61. The van der Waals surface area contributed by atoms with Gasteiger partial charge in [0.2, 0.25) is 5.91 Å². The van der Waals surface area contributed by atoms with E-state index in [-0.39, 0.29) is 11.8 Å². The molecule has 1 amide bonds. The first-order valence-electron chi connectivity index (χ1n) is 8.88. The Bertz CT molecular complexity index is 848. The van der Waals surface area contributed by atoms with Crippen LogP contribution in [-0.4, -0.2) is 31.6 Å². The fourth-order valence-corrected chi connectivity index (χ4v) is 3.86. The molecule has 144 valence electrons. The molecule has 1 atom stereocenters. The molecule has 4 nitrogen and oxygen atoms in total. The zero-order valence-corrected chi connectivity index (χ0v) is 16.6. The molecule has 0 spiro atoms. The summed E-state index contributed by atoms with van der Waals surface area (Å²) in [5.74, 6) is 0.460. The Morgan fingerprint density at radius 2 is 1.89 bits per heavy atom. The lowest BCUT2D eigenvalue weighted by molar-refractivity contribution is -0.136. The number of fused-ring (bicyclic) bond motifs is 1. The van der Waals surface area contributed by atoms with Gasteiger partial charge in [0.1, 0.15) is 5.82 Å². The second-order valence-electron chi connectivity index (χ2n) is 6.88. The number of halogens is 2. The summed E-state index contributed by atoms with van der Waals surface area (Å²) in [6, 6.07) is 7.68. The molecular formula is C21H23ClFNO3. The van der Waals surface area contributed by atoms with Gasteiger partial charge in [-0.05, 0) is 41.8 Å².